The second kappa shape index (κ2) is 6.54. The van der Waals surface area contributed by atoms with E-state index in [4.69, 9.17) is 19.3 Å². The van der Waals surface area contributed by atoms with Crippen LogP contribution < -0.4 is 5.32 Å². The van der Waals surface area contributed by atoms with E-state index in [1.165, 1.54) is 6.92 Å². The quantitative estimate of drug-likeness (QED) is 0.385. The molecule has 6 atom stereocenters. The average Bonchev–Trinajstić information content (AvgIpc) is 2.80. The van der Waals surface area contributed by atoms with Gasteiger partial charge in [0.2, 0.25) is 5.91 Å². The van der Waals surface area contributed by atoms with E-state index in [2.05, 4.69) is 5.32 Å². The molecule has 10 heteroatoms. The lowest BCUT2D eigenvalue weighted by Gasteiger charge is -2.44. The maximum atomic E-state index is 11.4. The lowest BCUT2D eigenvalue weighted by atomic mass is 9.88. The second-order valence-corrected chi connectivity index (χ2v) is 6.53. The van der Waals surface area contributed by atoms with Crippen LogP contribution in [0.5, 0.6) is 0 Å². The van der Waals surface area contributed by atoms with Gasteiger partial charge in [-0.1, -0.05) is 0 Å². The van der Waals surface area contributed by atoms with Gasteiger partial charge in [-0.15, -0.1) is 0 Å². The van der Waals surface area contributed by atoms with Crippen molar-refractivity contribution < 1.29 is 44.2 Å². The first-order chi connectivity index (χ1) is 10.9. The summed E-state index contributed by atoms with van der Waals surface area (Å²) in [4.78, 5) is 22.6. The molecule has 0 aromatic carbocycles. The van der Waals surface area contributed by atoms with E-state index in [0.717, 1.165) is 0 Å². The lowest BCUT2D eigenvalue weighted by molar-refractivity contribution is -0.295. The van der Waals surface area contributed by atoms with Gasteiger partial charge in [0, 0.05) is 13.3 Å². The van der Waals surface area contributed by atoms with Crippen LogP contribution in [-0.4, -0.2) is 80.9 Å². The Bertz CT molecular complexity index is 510. The number of nitrogens with one attached hydrogen (secondary N) is 1. The summed E-state index contributed by atoms with van der Waals surface area (Å²) in [7, 11) is 0. The smallest absolute Gasteiger partial charge is 0.364 e. The molecule has 24 heavy (non-hydrogen) atoms. The van der Waals surface area contributed by atoms with Crippen molar-refractivity contribution in [1.82, 2.24) is 5.32 Å². The van der Waals surface area contributed by atoms with Gasteiger partial charge in [-0.2, -0.15) is 0 Å². The molecule has 5 N–H and O–H groups in total. The Morgan fingerprint density at radius 2 is 1.92 bits per heavy atom. The third-order valence-electron chi connectivity index (χ3n) is 4.04. The molecule has 0 radical (unpaired) electrons. The number of ether oxygens (including phenoxy) is 3. The molecule has 2 heterocycles. The molecule has 0 spiro atoms. The van der Waals surface area contributed by atoms with Crippen molar-refractivity contribution in [3.63, 3.8) is 0 Å². The monoisotopic (exact) mass is 349 g/mol. The first kappa shape index (κ1) is 19.0. The van der Waals surface area contributed by atoms with Gasteiger partial charge in [-0.05, 0) is 13.8 Å². The number of hydrogen-bond acceptors (Lipinski definition) is 8. The van der Waals surface area contributed by atoms with Gasteiger partial charge in [0.15, 0.2) is 5.79 Å². The maximum absolute atomic E-state index is 11.4. The summed E-state index contributed by atoms with van der Waals surface area (Å²) in [5.41, 5.74) is 0. The Kier molecular flexibility index (Phi) is 5.19. The number of aliphatic hydroxyl groups excluding tert-OH is 2. The van der Waals surface area contributed by atoms with Crippen molar-refractivity contribution in [1.29, 1.82) is 0 Å². The summed E-state index contributed by atoms with van der Waals surface area (Å²) in [6.45, 7) is 4.47. The maximum Gasteiger partial charge on any atom is 0.364 e. The molecule has 138 valence electrons. The molecule has 0 bridgehead atoms. The SMILES string of the molecule is CC(=O)N[C@H]1[C@H]([C@H](O)[C@H]2COC(C)(C)O2)O[C@](O)(C(=O)O)C[C@@H]1O. The Morgan fingerprint density at radius 1 is 1.29 bits per heavy atom. The molecule has 2 aliphatic rings. The van der Waals surface area contributed by atoms with Crippen LogP contribution >= 0.6 is 0 Å². The molecule has 0 saturated carbocycles. The van der Waals surface area contributed by atoms with Crippen molar-refractivity contribution in [3.05, 3.63) is 0 Å². The van der Waals surface area contributed by atoms with Gasteiger partial charge in [0.1, 0.15) is 18.3 Å². The van der Waals surface area contributed by atoms with Crippen LogP contribution in [0.15, 0.2) is 0 Å². The third kappa shape index (κ3) is 3.85. The minimum atomic E-state index is -2.69. The predicted molar refractivity (Wildman–Crippen MR) is 76.6 cm³/mol. The molecule has 2 fully saturated rings. The fourth-order valence-corrected chi connectivity index (χ4v) is 2.90. The number of amides is 1. The Labute approximate surface area is 138 Å². The van der Waals surface area contributed by atoms with Crippen molar-refractivity contribution in [2.45, 2.75) is 69.2 Å². The zero-order valence-electron chi connectivity index (χ0n) is 13.6. The van der Waals surface area contributed by atoms with E-state index in [-0.39, 0.29) is 6.61 Å². The summed E-state index contributed by atoms with van der Waals surface area (Å²) in [6, 6.07) is -1.12. The van der Waals surface area contributed by atoms with E-state index in [9.17, 15) is 24.9 Å². The molecule has 0 aromatic rings. The highest BCUT2D eigenvalue weighted by atomic mass is 16.7. The van der Waals surface area contributed by atoms with E-state index in [1.54, 1.807) is 13.8 Å². The number of hydrogen-bond donors (Lipinski definition) is 5. The number of aliphatic hydroxyl groups is 3. The van der Waals surface area contributed by atoms with Gasteiger partial charge < -0.3 is 40.0 Å². The van der Waals surface area contributed by atoms with Crippen molar-refractivity contribution in [3.8, 4) is 0 Å². The van der Waals surface area contributed by atoms with Gasteiger partial charge >= 0.3 is 5.97 Å². The Hall–Kier alpha value is -1.30. The highest BCUT2D eigenvalue weighted by molar-refractivity contribution is 5.76. The van der Waals surface area contributed by atoms with Gasteiger partial charge in [-0.3, -0.25) is 4.79 Å². The van der Waals surface area contributed by atoms with Crippen LogP contribution in [-0.2, 0) is 23.8 Å². The highest BCUT2D eigenvalue weighted by Crippen LogP contribution is 2.33. The average molecular weight is 349 g/mol. The zero-order chi connectivity index (χ0) is 18.3. The Morgan fingerprint density at radius 3 is 2.38 bits per heavy atom. The number of aliphatic carboxylic acids is 1. The van der Waals surface area contributed by atoms with Crippen LogP contribution in [0.1, 0.15) is 27.2 Å². The number of carbonyl (C=O) groups excluding carboxylic acids is 1. The van der Waals surface area contributed by atoms with Gasteiger partial charge in [0.05, 0.1) is 18.8 Å². The summed E-state index contributed by atoms with van der Waals surface area (Å²) in [6.07, 6.45) is -5.86. The summed E-state index contributed by atoms with van der Waals surface area (Å²) in [5.74, 6) is -5.85. The number of rotatable bonds is 4. The second-order valence-electron chi connectivity index (χ2n) is 6.53. The first-order valence-corrected chi connectivity index (χ1v) is 7.54. The van der Waals surface area contributed by atoms with Gasteiger partial charge in [0.25, 0.3) is 5.79 Å². The lowest BCUT2D eigenvalue weighted by Crippen LogP contribution is -2.67. The number of carboxylic acid groups (broad SMARTS) is 1. The van der Waals surface area contributed by atoms with E-state index >= 15 is 0 Å². The van der Waals surface area contributed by atoms with Crippen LogP contribution in [0.25, 0.3) is 0 Å². The fraction of sp³-hybridized carbons (Fsp3) is 0.857. The zero-order valence-corrected chi connectivity index (χ0v) is 13.6. The van der Waals surface area contributed by atoms with Crippen LogP contribution in [0.2, 0.25) is 0 Å². The molecule has 2 saturated heterocycles. The first-order valence-electron chi connectivity index (χ1n) is 7.54. The summed E-state index contributed by atoms with van der Waals surface area (Å²) in [5, 5.41) is 42.3. The molecular formula is C14H23NO9. The number of carbonyl (C=O) groups is 2. The molecule has 1 amide bonds. The largest absolute Gasteiger partial charge is 0.477 e. The molecule has 2 aliphatic heterocycles. The molecule has 10 nitrogen and oxygen atoms in total. The molecule has 0 aromatic heterocycles. The summed E-state index contributed by atoms with van der Waals surface area (Å²) < 4.78 is 16.0. The number of carboxylic acids is 1. The van der Waals surface area contributed by atoms with E-state index in [1.807, 2.05) is 0 Å². The molecular weight excluding hydrogens is 326 g/mol. The van der Waals surface area contributed by atoms with E-state index < -0.39 is 60.3 Å². The normalized spacial score (nSPS) is 40.1. The predicted octanol–water partition coefficient (Wildman–Crippen LogP) is -2.07. The van der Waals surface area contributed by atoms with Crippen molar-refractivity contribution >= 4 is 11.9 Å². The Balaban J connectivity index is 2.25. The molecule has 2 rings (SSSR count). The van der Waals surface area contributed by atoms with Crippen LogP contribution in [0.3, 0.4) is 0 Å². The molecule has 0 aliphatic carbocycles. The minimum absolute atomic E-state index is 0.00239. The van der Waals surface area contributed by atoms with Crippen molar-refractivity contribution in [2.24, 2.45) is 0 Å². The minimum Gasteiger partial charge on any atom is -0.477 e. The van der Waals surface area contributed by atoms with E-state index in [0.29, 0.717) is 0 Å². The topological polar surface area (TPSA) is 155 Å². The van der Waals surface area contributed by atoms with Crippen LogP contribution in [0, 0.1) is 0 Å². The van der Waals surface area contributed by atoms with Crippen LogP contribution in [0.4, 0.5) is 0 Å². The fourth-order valence-electron chi connectivity index (χ4n) is 2.90. The van der Waals surface area contributed by atoms with Gasteiger partial charge in [-0.25, -0.2) is 4.79 Å². The standard InChI is InChI=1S/C14H23NO9/c1-6(16)15-9-7(17)4-14(21,12(19)20)24-11(9)10(18)8-5-22-13(2,3)23-8/h7-11,17-18,21H,4-5H2,1-3H3,(H,15,16)(H,19,20)/t7-,8+,9+,10+,11+,14-/m0/s1. The highest BCUT2D eigenvalue weighted by Gasteiger charge is 2.55. The molecule has 0 unspecified atom stereocenters. The summed E-state index contributed by atoms with van der Waals surface area (Å²) >= 11 is 0. The van der Waals surface area contributed by atoms with Crippen molar-refractivity contribution in [2.75, 3.05) is 6.61 Å². The third-order valence-corrected chi connectivity index (χ3v) is 4.04.